The van der Waals surface area contributed by atoms with Crippen LogP contribution in [0.4, 0.5) is 0 Å². The summed E-state index contributed by atoms with van der Waals surface area (Å²) >= 11 is 7.33. The van der Waals surface area contributed by atoms with Gasteiger partial charge < -0.3 is 14.6 Å². The van der Waals surface area contributed by atoms with E-state index in [1.54, 1.807) is 0 Å². The van der Waals surface area contributed by atoms with E-state index in [9.17, 15) is 20.4 Å². The molecule has 0 radical (unpaired) electrons. The first kappa shape index (κ1) is 37.6. The highest BCUT2D eigenvalue weighted by Gasteiger charge is 2.28. The number of piperidine rings is 2. The van der Waals surface area contributed by atoms with Crippen LogP contribution in [0.25, 0.3) is 11.1 Å². The zero-order valence-corrected chi connectivity index (χ0v) is 32.5. The minimum atomic E-state index is -0.775. The molecule has 2 aliphatic heterocycles. The van der Waals surface area contributed by atoms with Crippen molar-refractivity contribution in [1.82, 2.24) is 9.80 Å². The number of rotatable bonds is 12. The van der Waals surface area contributed by atoms with E-state index in [0.29, 0.717) is 58.3 Å². The first-order chi connectivity index (χ1) is 25.2. The lowest BCUT2D eigenvalue weighted by Gasteiger charge is -2.33. The second-order valence-corrected chi connectivity index (χ2v) is 15.4. The lowest BCUT2D eigenvalue weighted by molar-refractivity contribution is -0.144. The van der Waals surface area contributed by atoms with Crippen LogP contribution in [0.15, 0.2) is 81.7 Å². The third-order valence-corrected chi connectivity index (χ3v) is 11.4. The highest BCUT2D eigenvalue weighted by Crippen LogP contribution is 2.34. The van der Waals surface area contributed by atoms with Crippen LogP contribution in [0.3, 0.4) is 0 Å². The molecule has 0 amide bonds. The number of carboxylic acid groups (broad SMARTS) is 1. The summed E-state index contributed by atoms with van der Waals surface area (Å²) in [6, 6.07) is 28.1. The van der Waals surface area contributed by atoms with Gasteiger partial charge in [0.15, 0.2) is 0 Å². The zero-order chi connectivity index (χ0) is 36.6. The quantitative estimate of drug-likeness (QED) is 0.151. The number of hydrogen-bond donors (Lipinski definition) is 1. The fourth-order valence-corrected chi connectivity index (χ4v) is 8.39. The van der Waals surface area contributed by atoms with Crippen LogP contribution in [0.2, 0.25) is 0 Å². The fourth-order valence-electron chi connectivity index (χ4n) is 7.31. The lowest BCUT2D eigenvalue weighted by Crippen LogP contribution is -2.43. The molecule has 4 aromatic rings. The number of halogens is 2. The van der Waals surface area contributed by atoms with Crippen molar-refractivity contribution >= 4 is 37.8 Å². The van der Waals surface area contributed by atoms with Crippen molar-refractivity contribution in [3.8, 4) is 34.8 Å². The Labute approximate surface area is 322 Å². The van der Waals surface area contributed by atoms with Crippen LogP contribution in [-0.4, -0.2) is 46.0 Å². The first-order valence-corrected chi connectivity index (χ1v) is 19.4. The predicted molar refractivity (Wildman–Crippen MR) is 208 cm³/mol. The van der Waals surface area contributed by atoms with Gasteiger partial charge in [-0.2, -0.15) is 10.5 Å². The molecule has 0 bridgehead atoms. The number of nitrogens with zero attached hydrogens (tertiary/aromatic N) is 4. The number of hydrogen-bond acceptors (Lipinski definition) is 7. The third kappa shape index (κ3) is 8.87. The van der Waals surface area contributed by atoms with Crippen molar-refractivity contribution in [2.24, 2.45) is 0 Å². The molecule has 0 aromatic heterocycles. The molecule has 8 nitrogen and oxygen atoms in total. The highest BCUT2D eigenvalue weighted by molar-refractivity contribution is 9.10. The maximum atomic E-state index is 11.8. The second kappa shape index (κ2) is 17.6. The minimum absolute atomic E-state index is 0.146. The molecule has 52 heavy (non-hydrogen) atoms. The minimum Gasteiger partial charge on any atom is -0.488 e. The van der Waals surface area contributed by atoms with E-state index in [2.05, 4.69) is 68.0 Å². The van der Waals surface area contributed by atoms with Crippen molar-refractivity contribution in [3.05, 3.63) is 115 Å². The van der Waals surface area contributed by atoms with Gasteiger partial charge in [-0.15, -0.1) is 0 Å². The van der Waals surface area contributed by atoms with Crippen LogP contribution in [-0.2, 0) is 31.1 Å². The van der Waals surface area contributed by atoms with E-state index in [-0.39, 0.29) is 13.2 Å². The van der Waals surface area contributed by atoms with Gasteiger partial charge in [-0.3, -0.25) is 14.6 Å². The van der Waals surface area contributed by atoms with Gasteiger partial charge in [-0.25, -0.2) is 0 Å². The standard InChI is InChI=1S/C42H42Br2N4O4/c1-28-8-2-4-18-47(28)24-29-14-16-40(37(43)20-29)51-26-31-9-6-11-33(35(31)22-45)34-12-7-10-32(36(34)23-46)27-52-41-17-15-30(21-38(41)44)25-48-19-5-3-13-39(48)42(49)50/h6-7,9-12,14-17,20-21,28,39H,2-5,8,13,18-19,24-27H2,1H3,(H,49,50)/t28-,39+/m1/s1. The Morgan fingerprint density at radius 1 is 0.750 bits per heavy atom. The summed E-state index contributed by atoms with van der Waals surface area (Å²) in [7, 11) is 0. The van der Waals surface area contributed by atoms with Crippen molar-refractivity contribution < 1.29 is 19.4 Å². The first-order valence-electron chi connectivity index (χ1n) is 17.8. The predicted octanol–water partition coefficient (Wildman–Crippen LogP) is 9.59. The Balaban J connectivity index is 1.15. The third-order valence-electron chi connectivity index (χ3n) is 10.2. The van der Waals surface area contributed by atoms with Crippen molar-refractivity contribution in [1.29, 1.82) is 10.5 Å². The monoisotopic (exact) mass is 824 g/mol. The van der Waals surface area contributed by atoms with E-state index in [1.807, 2.05) is 65.6 Å². The Hall–Kier alpha value is -4.19. The maximum Gasteiger partial charge on any atom is 0.320 e. The van der Waals surface area contributed by atoms with Crippen LogP contribution in [0.5, 0.6) is 11.5 Å². The van der Waals surface area contributed by atoms with Crippen LogP contribution >= 0.6 is 31.9 Å². The number of nitriles is 2. The molecule has 2 aliphatic rings. The number of benzene rings is 4. The SMILES string of the molecule is C[C@@H]1CCCCN1Cc1ccc(OCc2cccc(-c3cccc(COc4ccc(CN5CCCC[C@H]5C(=O)O)cc4Br)c3C#N)c2C#N)c(Br)c1. The molecule has 268 valence electrons. The molecule has 0 spiro atoms. The Kier molecular flexibility index (Phi) is 12.7. The van der Waals surface area contributed by atoms with Crippen molar-refractivity contribution in [2.45, 2.75) is 83.8 Å². The molecule has 6 rings (SSSR count). The molecule has 2 heterocycles. The van der Waals surface area contributed by atoms with Gasteiger partial charge in [0, 0.05) is 41.4 Å². The smallest absolute Gasteiger partial charge is 0.320 e. The average molecular weight is 827 g/mol. The largest absolute Gasteiger partial charge is 0.488 e. The van der Waals surface area contributed by atoms with Crippen molar-refractivity contribution in [3.63, 3.8) is 0 Å². The number of ether oxygens (including phenoxy) is 2. The molecule has 2 saturated heterocycles. The van der Waals surface area contributed by atoms with E-state index in [4.69, 9.17) is 9.47 Å². The van der Waals surface area contributed by atoms with Gasteiger partial charge in [-0.1, -0.05) is 61.4 Å². The second-order valence-electron chi connectivity index (χ2n) is 13.6. The molecular formula is C42H42Br2N4O4. The van der Waals surface area contributed by atoms with Gasteiger partial charge in [-0.05, 0) is 113 Å². The van der Waals surface area contributed by atoms with Gasteiger partial charge in [0.2, 0.25) is 0 Å². The normalized spacial score (nSPS) is 17.9. The Morgan fingerprint density at radius 2 is 1.25 bits per heavy atom. The molecular weight excluding hydrogens is 784 g/mol. The summed E-state index contributed by atoms with van der Waals surface area (Å²) in [4.78, 5) is 16.3. The summed E-state index contributed by atoms with van der Waals surface area (Å²) in [6.45, 7) is 5.97. The van der Waals surface area contributed by atoms with Crippen LogP contribution in [0, 0.1) is 22.7 Å². The van der Waals surface area contributed by atoms with Gasteiger partial charge >= 0.3 is 5.97 Å². The lowest BCUT2D eigenvalue weighted by atomic mass is 9.91. The number of aliphatic carboxylic acids is 1. The highest BCUT2D eigenvalue weighted by atomic mass is 79.9. The topological polar surface area (TPSA) is 110 Å². The maximum absolute atomic E-state index is 11.8. The summed E-state index contributed by atoms with van der Waals surface area (Å²) in [5.41, 5.74) is 5.87. The van der Waals surface area contributed by atoms with E-state index in [1.165, 1.54) is 24.8 Å². The summed E-state index contributed by atoms with van der Waals surface area (Å²) in [6.07, 6.45) is 6.36. The molecule has 0 unspecified atom stereocenters. The van der Waals surface area contributed by atoms with Gasteiger partial charge in [0.25, 0.3) is 0 Å². The van der Waals surface area contributed by atoms with Crippen molar-refractivity contribution in [2.75, 3.05) is 13.1 Å². The Morgan fingerprint density at radius 3 is 1.73 bits per heavy atom. The number of carboxylic acids is 1. The summed E-state index contributed by atoms with van der Waals surface area (Å²) < 4.78 is 14.1. The van der Waals surface area contributed by atoms with E-state index >= 15 is 0 Å². The fraction of sp³-hybridized carbons (Fsp3) is 0.357. The summed E-state index contributed by atoms with van der Waals surface area (Å²) in [5.74, 6) is 0.545. The molecule has 4 aromatic carbocycles. The molecule has 0 saturated carbocycles. The van der Waals surface area contributed by atoms with E-state index < -0.39 is 12.0 Å². The Bertz CT molecular complexity index is 2010. The molecule has 1 N–H and O–H groups in total. The van der Waals surface area contributed by atoms with E-state index in [0.717, 1.165) is 52.5 Å². The molecule has 2 fully saturated rings. The molecule has 2 atom stereocenters. The molecule has 10 heteroatoms. The molecule has 0 aliphatic carbocycles. The van der Waals surface area contributed by atoms with Crippen LogP contribution in [0.1, 0.15) is 78.8 Å². The zero-order valence-electron chi connectivity index (χ0n) is 29.3. The number of carbonyl (C=O) groups is 1. The summed E-state index contributed by atoms with van der Waals surface area (Å²) in [5, 5.41) is 30.3. The number of likely N-dealkylation sites (tertiary alicyclic amines) is 2. The average Bonchev–Trinajstić information content (AvgIpc) is 3.15. The van der Waals surface area contributed by atoms with Gasteiger partial charge in [0.1, 0.15) is 42.9 Å². The van der Waals surface area contributed by atoms with Gasteiger partial charge in [0.05, 0.1) is 20.1 Å². The van der Waals surface area contributed by atoms with Crippen LogP contribution < -0.4 is 9.47 Å².